The van der Waals surface area contributed by atoms with Gasteiger partial charge in [-0.15, -0.1) is 0 Å². The lowest BCUT2D eigenvalue weighted by Crippen LogP contribution is -2.38. The first-order valence-corrected chi connectivity index (χ1v) is 7.13. The summed E-state index contributed by atoms with van der Waals surface area (Å²) in [5, 5.41) is 6.35. The molecule has 1 aliphatic rings. The number of alkyl halides is 3. The van der Waals surface area contributed by atoms with Crippen molar-refractivity contribution in [3.05, 3.63) is 29.8 Å². The van der Waals surface area contributed by atoms with Crippen LogP contribution < -0.4 is 15.4 Å². The van der Waals surface area contributed by atoms with E-state index in [4.69, 9.17) is 4.74 Å². The Morgan fingerprint density at radius 3 is 2.64 bits per heavy atom. The van der Waals surface area contributed by atoms with E-state index in [-0.39, 0.29) is 5.75 Å². The minimum atomic E-state index is -4.35. The van der Waals surface area contributed by atoms with E-state index >= 15 is 0 Å². The average Bonchev–Trinajstić information content (AvgIpc) is 3.16. The summed E-state index contributed by atoms with van der Waals surface area (Å²) >= 11 is 0. The van der Waals surface area contributed by atoms with Crippen molar-refractivity contribution in [2.24, 2.45) is 10.9 Å². The van der Waals surface area contributed by atoms with Gasteiger partial charge in [0.2, 0.25) is 0 Å². The number of guanidine groups is 1. The Morgan fingerprint density at radius 1 is 1.36 bits per heavy atom. The Morgan fingerprint density at radius 2 is 2.05 bits per heavy atom. The number of benzene rings is 1. The molecule has 2 rings (SSSR count). The zero-order valence-electron chi connectivity index (χ0n) is 12.6. The maximum Gasteiger partial charge on any atom is 0.422 e. The van der Waals surface area contributed by atoms with Crippen molar-refractivity contribution in [2.45, 2.75) is 32.1 Å². The summed E-state index contributed by atoms with van der Waals surface area (Å²) in [6.07, 6.45) is -3.24. The van der Waals surface area contributed by atoms with Crippen molar-refractivity contribution in [3.8, 4) is 5.75 Å². The molecule has 1 saturated carbocycles. The van der Waals surface area contributed by atoms with Crippen LogP contribution in [0, 0.1) is 5.92 Å². The highest BCUT2D eigenvalue weighted by Gasteiger charge is 2.33. The van der Waals surface area contributed by atoms with E-state index in [1.807, 2.05) is 0 Å². The van der Waals surface area contributed by atoms with Crippen LogP contribution in [0.2, 0.25) is 0 Å². The normalized spacial score (nSPS) is 21.4. The van der Waals surface area contributed by atoms with E-state index in [0.29, 0.717) is 30.0 Å². The van der Waals surface area contributed by atoms with Gasteiger partial charge in [0.1, 0.15) is 5.75 Å². The fraction of sp³-hybridized carbons (Fsp3) is 0.533. The molecule has 0 spiro atoms. The first-order valence-electron chi connectivity index (χ1n) is 7.13. The maximum absolute atomic E-state index is 12.3. The summed E-state index contributed by atoms with van der Waals surface area (Å²) in [4.78, 5) is 4.11. The second kappa shape index (κ2) is 6.89. The standard InChI is InChI=1S/C15H20F3N3O/c1-10-7-12(10)21-14(19-2)20-8-11-5-3-4-6-13(11)22-9-15(16,17)18/h3-6,10,12H,7-9H2,1-2H3,(H2,19,20,21). The van der Waals surface area contributed by atoms with E-state index in [1.165, 1.54) is 6.07 Å². The Bertz CT molecular complexity index is 531. The molecule has 0 amide bonds. The minimum Gasteiger partial charge on any atom is -0.484 e. The molecular formula is C15H20F3N3O. The third-order valence-electron chi connectivity index (χ3n) is 3.47. The largest absolute Gasteiger partial charge is 0.484 e. The number of para-hydroxylation sites is 1. The first-order chi connectivity index (χ1) is 10.4. The summed E-state index contributed by atoms with van der Waals surface area (Å²) in [6.45, 7) is 1.19. The van der Waals surface area contributed by atoms with Crippen LogP contribution in [0.15, 0.2) is 29.3 Å². The molecule has 1 aliphatic carbocycles. The molecule has 2 N–H and O–H groups in total. The van der Waals surface area contributed by atoms with Gasteiger partial charge >= 0.3 is 6.18 Å². The fourth-order valence-corrected chi connectivity index (χ4v) is 2.02. The molecule has 4 nitrogen and oxygen atoms in total. The molecule has 1 fully saturated rings. The van der Waals surface area contributed by atoms with Gasteiger partial charge in [0.15, 0.2) is 12.6 Å². The number of nitrogens with zero attached hydrogens (tertiary/aromatic N) is 1. The summed E-state index contributed by atoms with van der Waals surface area (Å²) in [5.74, 6) is 1.49. The van der Waals surface area contributed by atoms with Gasteiger partial charge in [-0.25, -0.2) is 0 Å². The van der Waals surface area contributed by atoms with Crippen molar-refractivity contribution >= 4 is 5.96 Å². The van der Waals surface area contributed by atoms with Gasteiger partial charge in [0.25, 0.3) is 0 Å². The molecule has 7 heteroatoms. The monoisotopic (exact) mass is 315 g/mol. The molecule has 0 aliphatic heterocycles. The Labute approximate surface area is 127 Å². The third kappa shape index (κ3) is 5.13. The number of nitrogens with one attached hydrogen (secondary N) is 2. The Hall–Kier alpha value is -1.92. The molecule has 2 unspecified atom stereocenters. The Kier molecular flexibility index (Phi) is 5.15. The van der Waals surface area contributed by atoms with Crippen molar-refractivity contribution in [1.29, 1.82) is 0 Å². The SMILES string of the molecule is CN=C(NCc1ccccc1OCC(F)(F)F)NC1CC1C. The highest BCUT2D eigenvalue weighted by atomic mass is 19.4. The van der Waals surface area contributed by atoms with E-state index in [2.05, 4.69) is 22.5 Å². The van der Waals surface area contributed by atoms with E-state index in [9.17, 15) is 13.2 Å². The summed E-state index contributed by atoms with van der Waals surface area (Å²) in [6, 6.07) is 7.08. The zero-order chi connectivity index (χ0) is 16.2. The molecule has 1 aromatic carbocycles. The average molecular weight is 315 g/mol. The molecule has 2 atom stereocenters. The molecule has 0 bridgehead atoms. The van der Waals surface area contributed by atoms with E-state index in [1.54, 1.807) is 25.2 Å². The van der Waals surface area contributed by atoms with Gasteiger partial charge in [-0.1, -0.05) is 25.1 Å². The third-order valence-corrected chi connectivity index (χ3v) is 3.47. The van der Waals surface area contributed by atoms with Crippen LogP contribution in [-0.4, -0.2) is 31.8 Å². The lowest BCUT2D eigenvalue weighted by Gasteiger charge is -2.15. The number of halogens is 3. The molecular weight excluding hydrogens is 295 g/mol. The van der Waals surface area contributed by atoms with Crippen LogP contribution in [0.5, 0.6) is 5.75 Å². The predicted molar refractivity (Wildman–Crippen MR) is 78.9 cm³/mol. The highest BCUT2D eigenvalue weighted by molar-refractivity contribution is 5.80. The van der Waals surface area contributed by atoms with Crippen LogP contribution >= 0.6 is 0 Å². The molecule has 0 aromatic heterocycles. The summed E-state index contributed by atoms with van der Waals surface area (Å²) in [5.41, 5.74) is 0.651. The van der Waals surface area contributed by atoms with E-state index < -0.39 is 12.8 Å². The zero-order valence-corrected chi connectivity index (χ0v) is 12.6. The van der Waals surface area contributed by atoms with Crippen molar-refractivity contribution < 1.29 is 17.9 Å². The predicted octanol–water partition coefficient (Wildman–Crippen LogP) is 2.70. The van der Waals surface area contributed by atoms with Crippen LogP contribution in [0.1, 0.15) is 18.9 Å². The quantitative estimate of drug-likeness (QED) is 0.649. The van der Waals surface area contributed by atoms with Gasteiger partial charge < -0.3 is 15.4 Å². The topological polar surface area (TPSA) is 45.7 Å². The van der Waals surface area contributed by atoms with E-state index in [0.717, 1.165) is 6.42 Å². The first kappa shape index (κ1) is 16.5. The molecule has 0 heterocycles. The highest BCUT2D eigenvalue weighted by Crippen LogP contribution is 2.28. The number of aliphatic imine (C=N–C) groups is 1. The number of hydrogen-bond acceptors (Lipinski definition) is 2. The fourth-order valence-electron chi connectivity index (χ4n) is 2.02. The molecule has 122 valence electrons. The lowest BCUT2D eigenvalue weighted by atomic mass is 10.2. The van der Waals surface area contributed by atoms with Gasteiger partial charge in [-0.2, -0.15) is 13.2 Å². The van der Waals surface area contributed by atoms with Gasteiger partial charge in [-0.3, -0.25) is 4.99 Å². The lowest BCUT2D eigenvalue weighted by molar-refractivity contribution is -0.153. The summed E-state index contributed by atoms with van der Waals surface area (Å²) in [7, 11) is 1.66. The van der Waals surface area contributed by atoms with Crippen molar-refractivity contribution in [3.63, 3.8) is 0 Å². The van der Waals surface area contributed by atoms with Gasteiger partial charge in [0, 0.05) is 25.2 Å². The van der Waals surface area contributed by atoms with Crippen LogP contribution in [-0.2, 0) is 6.54 Å². The summed E-state index contributed by atoms with van der Waals surface area (Å²) < 4.78 is 41.6. The number of ether oxygens (including phenoxy) is 1. The van der Waals surface area contributed by atoms with Crippen LogP contribution in [0.3, 0.4) is 0 Å². The molecule has 0 radical (unpaired) electrons. The Balaban J connectivity index is 1.91. The van der Waals surface area contributed by atoms with Crippen LogP contribution in [0.25, 0.3) is 0 Å². The van der Waals surface area contributed by atoms with Gasteiger partial charge in [0.05, 0.1) is 0 Å². The minimum absolute atomic E-state index is 0.225. The molecule has 1 aromatic rings. The van der Waals surface area contributed by atoms with Gasteiger partial charge in [-0.05, 0) is 18.4 Å². The number of hydrogen-bond donors (Lipinski definition) is 2. The number of rotatable bonds is 5. The maximum atomic E-state index is 12.3. The molecule has 0 saturated heterocycles. The van der Waals surface area contributed by atoms with Crippen molar-refractivity contribution in [1.82, 2.24) is 10.6 Å². The van der Waals surface area contributed by atoms with Crippen LogP contribution in [0.4, 0.5) is 13.2 Å². The second-order valence-corrected chi connectivity index (χ2v) is 5.40. The second-order valence-electron chi connectivity index (χ2n) is 5.40. The van der Waals surface area contributed by atoms with Crippen molar-refractivity contribution in [2.75, 3.05) is 13.7 Å². The smallest absolute Gasteiger partial charge is 0.422 e. The molecule has 22 heavy (non-hydrogen) atoms.